The fourth-order valence-electron chi connectivity index (χ4n) is 2.70. The largest absolute Gasteiger partial charge is 0.460 e. The van der Waals surface area contributed by atoms with E-state index in [0.29, 0.717) is 29.7 Å². The first kappa shape index (κ1) is 20.2. The molecule has 3 aromatic rings. The zero-order valence-corrected chi connectivity index (χ0v) is 17.4. The highest BCUT2D eigenvalue weighted by atomic mass is 32.2. The van der Waals surface area contributed by atoms with E-state index in [1.807, 2.05) is 19.1 Å². The van der Waals surface area contributed by atoms with Crippen LogP contribution in [0.4, 0.5) is 5.13 Å². The van der Waals surface area contributed by atoms with Crippen molar-refractivity contribution in [2.75, 3.05) is 18.4 Å². The van der Waals surface area contributed by atoms with Crippen LogP contribution in [0.5, 0.6) is 0 Å². The molecular formula is C19H21N3O4S2. The van der Waals surface area contributed by atoms with Gasteiger partial charge in [0.25, 0.3) is 5.91 Å². The van der Waals surface area contributed by atoms with Crippen molar-refractivity contribution in [2.45, 2.75) is 25.7 Å². The number of nitrogens with zero attached hydrogens (tertiary/aromatic N) is 2. The Hall–Kier alpha value is -2.49. The minimum absolute atomic E-state index is 0.0924. The third kappa shape index (κ3) is 4.16. The van der Waals surface area contributed by atoms with Crippen LogP contribution in [-0.2, 0) is 10.0 Å². The summed E-state index contributed by atoms with van der Waals surface area (Å²) in [4.78, 5) is 17.0. The number of thiazole rings is 1. The molecule has 0 saturated heterocycles. The van der Waals surface area contributed by atoms with Gasteiger partial charge in [0.2, 0.25) is 10.0 Å². The number of carbonyl (C=O) groups excluding carboxylic acids is 1. The molecule has 0 saturated carbocycles. The van der Waals surface area contributed by atoms with Gasteiger partial charge in [0.1, 0.15) is 11.5 Å². The lowest BCUT2D eigenvalue weighted by Gasteiger charge is -2.18. The molecule has 0 unspecified atom stereocenters. The summed E-state index contributed by atoms with van der Waals surface area (Å²) in [6.45, 7) is 6.13. The predicted octanol–water partition coefficient (Wildman–Crippen LogP) is 3.99. The number of aryl methyl sites for hydroxylation is 1. The van der Waals surface area contributed by atoms with Gasteiger partial charge in [-0.25, -0.2) is 13.4 Å². The molecule has 0 spiro atoms. The van der Waals surface area contributed by atoms with Crippen molar-refractivity contribution < 1.29 is 17.6 Å². The van der Waals surface area contributed by atoms with Crippen molar-refractivity contribution in [2.24, 2.45) is 0 Å². The highest BCUT2D eigenvalue weighted by Gasteiger charge is 2.22. The molecule has 1 amide bonds. The maximum absolute atomic E-state index is 12.7. The molecule has 148 valence electrons. The molecule has 1 N–H and O–H groups in total. The smallest absolute Gasteiger partial charge is 0.257 e. The molecule has 2 aromatic heterocycles. The Bertz CT molecular complexity index is 1080. The lowest BCUT2D eigenvalue weighted by atomic mass is 10.2. The maximum atomic E-state index is 12.7. The van der Waals surface area contributed by atoms with Gasteiger partial charge in [-0.1, -0.05) is 19.9 Å². The first-order chi connectivity index (χ1) is 13.3. The molecular weight excluding hydrogens is 398 g/mol. The van der Waals surface area contributed by atoms with Crippen LogP contribution in [0.3, 0.4) is 0 Å². The minimum Gasteiger partial charge on any atom is -0.460 e. The minimum atomic E-state index is -3.63. The Kier molecular flexibility index (Phi) is 5.97. The van der Waals surface area contributed by atoms with Crippen LogP contribution >= 0.6 is 11.3 Å². The Labute approximate surface area is 168 Å². The van der Waals surface area contributed by atoms with Crippen LogP contribution in [0, 0.1) is 6.92 Å². The fourth-order valence-corrected chi connectivity index (χ4v) is 4.90. The summed E-state index contributed by atoms with van der Waals surface area (Å²) < 4.78 is 32.2. The number of sulfonamides is 1. The lowest BCUT2D eigenvalue weighted by molar-refractivity contribution is 0.102. The summed E-state index contributed by atoms with van der Waals surface area (Å²) in [6.07, 6.45) is 0. The summed E-state index contributed by atoms with van der Waals surface area (Å²) in [5.41, 5.74) is 0.880. The Balaban J connectivity index is 1.80. The normalized spacial score (nSPS) is 11.7. The van der Waals surface area contributed by atoms with Crippen LogP contribution in [0.15, 0.2) is 51.1 Å². The molecule has 7 nitrogen and oxygen atoms in total. The number of amides is 1. The number of carbonyl (C=O) groups is 1. The van der Waals surface area contributed by atoms with Crippen LogP contribution in [-0.4, -0.2) is 36.7 Å². The van der Waals surface area contributed by atoms with E-state index in [1.165, 1.54) is 27.8 Å². The molecule has 1 aromatic carbocycles. The van der Waals surface area contributed by atoms with Gasteiger partial charge in [0, 0.05) is 24.0 Å². The molecule has 0 radical (unpaired) electrons. The van der Waals surface area contributed by atoms with Crippen LogP contribution in [0.2, 0.25) is 0 Å². The first-order valence-corrected chi connectivity index (χ1v) is 11.1. The average molecular weight is 420 g/mol. The number of hydrogen-bond acceptors (Lipinski definition) is 6. The summed E-state index contributed by atoms with van der Waals surface area (Å²) in [7, 11) is -3.63. The number of furan rings is 1. The number of aromatic nitrogens is 1. The monoisotopic (exact) mass is 419 g/mol. The SMILES string of the molecule is CCN(CC)S(=O)(=O)c1cccc(C(=O)Nc2nc(-c3ccc(C)o3)cs2)c1. The second-order valence-electron chi connectivity index (χ2n) is 6.02. The molecule has 0 atom stereocenters. The van der Waals surface area contributed by atoms with E-state index >= 15 is 0 Å². The molecule has 2 heterocycles. The van der Waals surface area contributed by atoms with Gasteiger partial charge in [-0.15, -0.1) is 11.3 Å². The number of hydrogen-bond donors (Lipinski definition) is 1. The second-order valence-corrected chi connectivity index (χ2v) is 8.82. The predicted molar refractivity (Wildman–Crippen MR) is 109 cm³/mol. The van der Waals surface area contributed by atoms with Crippen molar-refractivity contribution in [3.8, 4) is 11.5 Å². The van der Waals surface area contributed by atoms with Crippen molar-refractivity contribution in [1.29, 1.82) is 0 Å². The Morgan fingerprint density at radius 2 is 1.96 bits per heavy atom. The van der Waals surface area contributed by atoms with Crippen molar-refractivity contribution >= 4 is 32.4 Å². The van der Waals surface area contributed by atoms with Gasteiger partial charge in [0.05, 0.1) is 4.90 Å². The second kappa shape index (κ2) is 8.26. The molecule has 0 aliphatic carbocycles. The lowest BCUT2D eigenvalue weighted by Crippen LogP contribution is -2.30. The van der Waals surface area contributed by atoms with Crippen LogP contribution < -0.4 is 5.32 Å². The average Bonchev–Trinajstić information content (AvgIpc) is 3.31. The van der Waals surface area contributed by atoms with Gasteiger partial charge in [0.15, 0.2) is 10.9 Å². The van der Waals surface area contributed by atoms with E-state index in [4.69, 9.17) is 4.42 Å². The summed E-state index contributed by atoms with van der Waals surface area (Å²) in [5, 5.41) is 4.90. The Morgan fingerprint density at radius 1 is 1.21 bits per heavy atom. The topological polar surface area (TPSA) is 92.5 Å². The van der Waals surface area contributed by atoms with E-state index in [-0.39, 0.29) is 10.5 Å². The fraction of sp³-hybridized carbons (Fsp3) is 0.263. The molecule has 0 aliphatic heterocycles. The molecule has 28 heavy (non-hydrogen) atoms. The van der Waals surface area contributed by atoms with E-state index < -0.39 is 15.9 Å². The quantitative estimate of drug-likeness (QED) is 0.625. The van der Waals surface area contributed by atoms with Gasteiger partial charge in [-0.2, -0.15) is 4.31 Å². The highest BCUT2D eigenvalue weighted by molar-refractivity contribution is 7.89. The van der Waals surface area contributed by atoms with E-state index in [9.17, 15) is 13.2 Å². The van der Waals surface area contributed by atoms with E-state index in [2.05, 4.69) is 10.3 Å². The molecule has 0 aliphatic rings. The van der Waals surface area contributed by atoms with Crippen molar-refractivity contribution in [3.05, 3.63) is 53.1 Å². The summed E-state index contributed by atoms with van der Waals surface area (Å²) in [6, 6.07) is 9.66. The van der Waals surface area contributed by atoms with E-state index in [1.54, 1.807) is 31.4 Å². The Morgan fingerprint density at radius 3 is 2.61 bits per heavy atom. The van der Waals surface area contributed by atoms with Gasteiger partial charge in [-0.05, 0) is 37.3 Å². The third-order valence-corrected chi connectivity index (χ3v) is 6.96. The zero-order valence-electron chi connectivity index (χ0n) is 15.8. The number of rotatable bonds is 7. The van der Waals surface area contributed by atoms with Crippen molar-refractivity contribution in [3.63, 3.8) is 0 Å². The standard InChI is InChI=1S/C19H21N3O4S2/c1-4-22(5-2)28(24,25)15-8-6-7-14(11-15)18(23)21-19-20-16(12-27-19)17-10-9-13(3)26-17/h6-12H,4-5H2,1-3H3,(H,20,21,23). The van der Waals surface area contributed by atoms with Crippen LogP contribution in [0.1, 0.15) is 30.0 Å². The zero-order chi connectivity index (χ0) is 20.3. The number of benzene rings is 1. The summed E-state index contributed by atoms with van der Waals surface area (Å²) >= 11 is 1.27. The molecule has 0 fully saturated rings. The molecule has 0 bridgehead atoms. The molecule has 9 heteroatoms. The number of nitrogens with one attached hydrogen (secondary N) is 1. The molecule has 3 rings (SSSR count). The van der Waals surface area contributed by atoms with Gasteiger partial charge in [-0.3, -0.25) is 10.1 Å². The number of anilines is 1. The summed E-state index contributed by atoms with van der Waals surface area (Å²) in [5.74, 6) is 0.981. The van der Waals surface area contributed by atoms with Crippen molar-refractivity contribution in [1.82, 2.24) is 9.29 Å². The third-order valence-electron chi connectivity index (χ3n) is 4.16. The van der Waals surface area contributed by atoms with E-state index in [0.717, 1.165) is 5.76 Å². The van der Waals surface area contributed by atoms with Gasteiger partial charge < -0.3 is 4.42 Å². The maximum Gasteiger partial charge on any atom is 0.257 e. The van der Waals surface area contributed by atoms with Crippen LogP contribution in [0.25, 0.3) is 11.5 Å². The first-order valence-electron chi connectivity index (χ1n) is 8.79. The highest BCUT2D eigenvalue weighted by Crippen LogP contribution is 2.27. The van der Waals surface area contributed by atoms with Gasteiger partial charge >= 0.3 is 0 Å².